The largest absolute Gasteiger partial charge is 0.384 e. The van der Waals surface area contributed by atoms with E-state index in [1.807, 2.05) is 6.07 Å². The van der Waals surface area contributed by atoms with Gasteiger partial charge in [-0.1, -0.05) is 30.3 Å². The number of hydrogen-bond donors (Lipinski definition) is 1. The molecule has 0 unspecified atom stereocenters. The maximum Gasteiger partial charge on any atom is 0.0532 e. The normalized spacial score (nSPS) is 18.7. The molecule has 1 aromatic rings. The summed E-state index contributed by atoms with van der Waals surface area (Å²) in [5, 5.41) is 3.56. The highest BCUT2D eigenvalue weighted by molar-refractivity contribution is 5.14. The molecular weight excluding hydrogens is 226 g/mol. The van der Waals surface area contributed by atoms with Gasteiger partial charge in [0.15, 0.2) is 0 Å². The van der Waals surface area contributed by atoms with Crippen molar-refractivity contribution in [2.75, 3.05) is 33.5 Å². The van der Waals surface area contributed by atoms with Crippen molar-refractivity contribution < 1.29 is 9.47 Å². The van der Waals surface area contributed by atoms with E-state index in [2.05, 4.69) is 29.6 Å². The lowest BCUT2D eigenvalue weighted by molar-refractivity contribution is -0.0269. The second-order valence-electron chi connectivity index (χ2n) is 5.13. The Morgan fingerprint density at radius 2 is 1.94 bits per heavy atom. The molecule has 3 heteroatoms. The van der Waals surface area contributed by atoms with Crippen molar-refractivity contribution in [3.8, 4) is 0 Å². The molecule has 0 aliphatic carbocycles. The van der Waals surface area contributed by atoms with Gasteiger partial charge in [0.25, 0.3) is 0 Å². The minimum Gasteiger partial charge on any atom is -0.384 e. The van der Waals surface area contributed by atoms with Crippen molar-refractivity contribution in [1.29, 1.82) is 0 Å². The van der Waals surface area contributed by atoms with Gasteiger partial charge >= 0.3 is 0 Å². The lowest BCUT2D eigenvalue weighted by Crippen LogP contribution is -2.42. The Labute approximate surface area is 109 Å². The van der Waals surface area contributed by atoms with Gasteiger partial charge in [0.2, 0.25) is 0 Å². The van der Waals surface area contributed by atoms with Gasteiger partial charge in [0.05, 0.1) is 6.61 Å². The van der Waals surface area contributed by atoms with E-state index in [1.165, 1.54) is 5.56 Å². The third-order valence-electron chi connectivity index (χ3n) is 3.68. The summed E-state index contributed by atoms with van der Waals surface area (Å²) in [4.78, 5) is 0. The molecule has 0 radical (unpaired) electrons. The molecule has 0 saturated carbocycles. The third-order valence-corrected chi connectivity index (χ3v) is 3.68. The summed E-state index contributed by atoms with van der Waals surface area (Å²) < 4.78 is 10.8. The van der Waals surface area contributed by atoms with Crippen molar-refractivity contribution in [2.24, 2.45) is 5.41 Å². The monoisotopic (exact) mass is 249 g/mol. The van der Waals surface area contributed by atoms with E-state index in [9.17, 15) is 0 Å². The molecule has 0 atom stereocenters. The fourth-order valence-electron chi connectivity index (χ4n) is 2.55. The summed E-state index contributed by atoms with van der Waals surface area (Å²) in [7, 11) is 1.79. The number of rotatable bonds is 6. The number of nitrogens with one attached hydrogen (secondary N) is 1. The highest BCUT2D eigenvalue weighted by atomic mass is 16.5. The van der Waals surface area contributed by atoms with Crippen LogP contribution in [0.4, 0.5) is 0 Å². The molecule has 3 nitrogen and oxygen atoms in total. The summed E-state index contributed by atoms with van der Waals surface area (Å²) in [5.74, 6) is 0. The Morgan fingerprint density at radius 1 is 1.22 bits per heavy atom. The van der Waals surface area contributed by atoms with Gasteiger partial charge in [0.1, 0.15) is 0 Å². The summed E-state index contributed by atoms with van der Waals surface area (Å²) >= 11 is 0. The smallest absolute Gasteiger partial charge is 0.0532 e. The standard InChI is InChI=1S/C15H23NO2/c1-17-13-15(7-9-18-10-8-15)12-16-11-14-5-3-2-4-6-14/h2-6,16H,7-13H2,1H3. The fourth-order valence-corrected chi connectivity index (χ4v) is 2.55. The summed E-state index contributed by atoms with van der Waals surface area (Å²) in [6.45, 7) is 4.46. The lowest BCUT2D eigenvalue weighted by Gasteiger charge is -2.36. The van der Waals surface area contributed by atoms with Crippen LogP contribution in [0.2, 0.25) is 0 Å². The van der Waals surface area contributed by atoms with Crippen LogP contribution in [0.15, 0.2) is 30.3 Å². The van der Waals surface area contributed by atoms with Gasteiger partial charge < -0.3 is 14.8 Å². The molecule has 0 bridgehead atoms. The molecular formula is C15H23NO2. The van der Waals surface area contributed by atoms with Crippen LogP contribution in [0, 0.1) is 5.41 Å². The van der Waals surface area contributed by atoms with Crippen LogP contribution in [0.25, 0.3) is 0 Å². The Balaban J connectivity index is 1.82. The predicted molar refractivity (Wildman–Crippen MR) is 72.5 cm³/mol. The Bertz CT molecular complexity index is 328. The van der Waals surface area contributed by atoms with E-state index in [0.29, 0.717) is 0 Å². The van der Waals surface area contributed by atoms with Crippen LogP contribution < -0.4 is 5.32 Å². The van der Waals surface area contributed by atoms with Gasteiger partial charge in [-0.15, -0.1) is 0 Å². The minimum atomic E-state index is 0.252. The van der Waals surface area contributed by atoms with Gasteiger partial charge in [-0.3, -0.25) is 0 Å². The first-order valence-electron chi connectivity index (χ1n) is 6.66. The Kier molecular flexibility index (Phi) is 5.17. The van der Waals surface area contributed by atoms with Crippen molar-refractivity contribution >= 4 is 0 Å². The quantitative estimate of drug-likeness (QED) is 0.838. The second-order valence-corrected chi connectivity index (χ2v) is 5.13. The van der Waals surface area contributed by atoms with E-state index in [0.717, 1.165) is 45.8 Å². The highest BCUT2D eigenvalue weighted by Crippen LogP contribution is 2.30. The predicted octanol–water partition coefficient (Wildman–Crippen LogP) is 2.22. The van der Waals surface area contributed by atoms with Crippen molar-refractivity contribution in [3.63, 3.8) is 0 Å². The van der Waals surface area contributed by atoms with E-state index in [4.69, 9.17) is 9.47 Å². The third kappa shape index (κ3) is 3.80. The zero-order chi connectivity index (χ0) is 12.7. The maximum atomic E-state index is 5.45. The average Bonchev–Trinajstić information content (AvgIpc) is 2.41. The Hall–Kier alpha value is -0.900. The first-order chi connectivity index (χ1) is 8.85. The van der Waals surface area contributed by atoms with Crippen molar-refractivity contribution in [3.05, 3.63) is 35.9 Å². The van der Waals surface area contributed by atoms with E-state index >= 15 is 0 Å². The zero-order valence-corrected chi connectivity index (χ0v) is 11.2. The van der Waals surface area contributed by atoms with E-state index in [-0.39, 0.29) is 5.41 Å². The van der Waals surface area contributed by atoms with Gasteiger partial charge in [0, 0.05) is 38.8 Å². The lowest BCUT2D eigenvalue weighted by atomic mass is 9.81. The number of hydrogen-bond acceptors (Lipinski definition) is 3. The molecule has 0 aromatic heterocycles. The summed E-state index contributed by atoms with van der Waals surface area (Å²) in [5.41, 5.74) is 1.58. The number of benzene rings is 1. The number of ether oxygens (including phenoxy) is 2. The van der Waals surface area contributed by atoms with Crippen molar-refractivity contribution in [2.45, 2.75) is 19.4 Å². The van der Waals surface area contributed by atoms with E-state index in [1.54, 1.807) is 7.11 Å². The molecule has 100 valence electrons. The molecule has 1 aromatic carbocycles. The topological polar surface area (TPSA) is 30.5 Å². The van der Waals surface area contributed by atoms with Crippen molar-refractivity contribution in [1.82, 2.24) is 5.32 Å². The fraction of sp³-hybridized carbons (Fsp3) is 0.600. The first kappa shape index (κ1) is 13.5. The van der Waals surface area contributed by atoms with Crippen LogP contribution >= 0.6 is 0 Å². The van der Waals surface area contributed by atoms with Gasteiger partial charge in [-0.05, 0) is 18.4 Å². The highest BCUT2D eigenvalue weighted by Gasteiger charge is 2.32. The van der Waals surface area contributed by atoms with Crippen LogP contribution in [0.3, 0.4) is 0 Å². The first-order valence-corrected chi connectivity index (χ1v) is 6.66. The molecule has 0 spiro atoms. The molecule has 1 saturated heterocycles. The average molecular weight is 249 g/mol. The van der Waals surface area contributed by atoms with Crippen LogP contribution in [0.1, 0.15) is 18.4 Å². The van der Waals surface area contributed by atoms with Gasteiger partial charge in [-0.25, -0.2) is 0 Å². The summed E-state index contributed by atoms with van der Waals surface area (Å²) in [6, 6.07) is 10.5. The zero-order valence-electron chi connectivity index (χ0n) is 11.2. The molecule has 1 aliphatic rings. The van der Waals surface area contributed by atoms with Crippen LogP contribution in [-0.4, -0.2) is 33.5 Å². The SMILES string of the molecule is COCC1(CNCc2ccccc2)CCOCC1. The second kappa shape index (κ2) is 6.88. The Morgan fingerprint density at radius 3 is 2.61 bits per heavy atom. The van der Waals surface area contributed by atoms with E-state index < -0.39 is 0 Å². The molecule has 18 heavy (non-hydrogen) atoms. The molecule has 2 rings (SSSR count). The minimum absolute atomic E-state index is 0.252. The molecule has 1 N–H and O–H groups in total. The molecule has 1 fully saturated rings. The molecule has 1 heterocycles. The summed E-state index contributed by atoms with van der Waals surface area (Å²) in [6.07, 6.45) is 2.17. The maximum absolute atomic E-state index is 5.45. The molecule has 1 aliphatic heterocycles. The van der Waals surface area contributed by atoms with Crippen LogP contribution in [0.5, 0.6) is 0 Å². The number of methoxy groups -OCH3 is 1. The van der Waals surface area contributed by atoms with Gasteiger partial charge in [-0.2, -0.15) is 0 Å². The van der Waals surface area contributed by atoms with Crippen LogP contribution in [-0.2, 0) is 16.0 Å². The molecule has 0 amide bonds.